The van der Waals surface area contributed by atoms with E-state index in [2.05, 4.69) is 5.10 Å². The highest BCUT2D eigenvalue weighted by atomic mass is 32.2. The molecule has 2 rings (SSSR count). The van der Waals surface area contributed by atoms with Gasteiger partial charge in [0.25, 0.3) is 0 Å². The normalized spacial score (nSPS) is 11.3. The summed E-state index contributed by atoms with van der Waals surface area (Å²) < 4.78 is 29.7. The lowest BCUT2D eigenvalue weighted by Crippen LogP contribution is -2.24. The van der Waals surface area contributed by atoms with Gasteiger partial charge in [-0.15, -0.1) is 0 Å². The Bertz CT molecular complexity index is 830. The van der Waals surface area contributed by atoms with Gasteiger partial charge < -0.3 is 9.92 Å². The number of amides is 2. The first-order chi connectivity index (χ1) is 10.9. The van der Waals surface area contributed by atoms with Gasteiger partial charge in [0.15, 0.2) is 5.75 Å². The Kier molecular flexibility index (Phi) is 4.97. The number of nitrogens with one attached hydrogen (secondary N) is 1. The van der Waals surface area contributed by atoms with E-state index in [1.165, 1.54) is 24.4 Å². The van der Waals surface area contributed by atoms with Gasteiger partial charge in [0.1, 0.15) is 4.90 Å². The van der Waals surface area contributed by atoms with Gasteiger partial charge in [-0.05, 0) is 31.2 Å². The van der Waals surface area contributed by atoms with Crippen molar-refractivity contribution < 1.29 is 17.4 Å². The second-order valence-corrected chi connectivity index (χ2v) is 6.17. The molecule has 0 heterocycles. The van der Waals surface area contributed by atoms with Crippen molar-refractivity contribution in [2.45, 2.75) is 11.8 Å². The number of hydrogen-bond donors (Lipinski definition) is 2. The fraction of sp³-hybridized carbons (Fsp3) is 0.0667. The van der Waals surface area contributed by atoms with E-state index in [0.29, 0.717) is 5.56 Å². The van der Waals surface area contributed by atoms with Gasteiger partial charge in [0.2, 0.25) is 0 Å². The van der Waals surface area contributed by atoms with Gasteiger partial charge in [-0.2, -0.15) is 13.5 Å². The van der Waals surface area contributed by atoms with Crippen LogP contribution < -0.4 is 15.3 Å². The first kappa shape index (κ1) is 16.5. The molecule has 0 fully saturated rings. The van der Waals surface area contributed by atoms with Crippen LogP contribution >= 0.6 is 0 Å². The van der Waals surface area contributed by atoms with Crippen molar-refractivity contribution in [2.75, 3.05) is 0 Å². The monoisotopic (exact) mass is 333 g/mol. The number of carbonyl (C=O) groups is 1. The largest absolute Gasteiger partial charge is 0.378 e. The standard InChI is InChI=1S/C15H15N3O4S/c1-11-6-8-13(9-7-11)23(20,21)22-14-5-3-2-4-12(14)10-17-18-15(16)19/h2-10H,1H3,(H3,16,18,19). The lowest BCUT2D eigenvalue weighted by atomic mass is 10.2. The molecule has 2 aromatic rings. The molecule has 0 aliphatic carbocycles. The minimum absolute atomic E-state index is 0.0464. The highest BCUT2D eigenvalue weighted by Crippen LogP contribution is 2.22. The van der Waals surface area contributed by atoms with Crippen LogP contribution in [0.3, 0.4) is 0 Å². The van der Waals surface area contributed by atoms with Crippen LogP contribution in [-0.2, 0) is 10.1 Å². The van der Waals surface area contributed by atoms with E-state index < -0.39 is 16.1 Å². The number of nitrogens with two attached hydrogens (primary N) is 1. The van der Waals surface area contributed by atoms with E-state index in [0.717, 1.165) is 5.56 Å². The summed E-state index contributed by atoms with van der Waals surface area (Å²) in [7, 11) is -3.97. The number of benzene rings is 2. The highest BCUT2D eigenvalue weighted by molar-refractivity contribution is 7.87. The van der Waals surface area contributed by atoms with E-state index in [1.54, 1.807) is 30.3 Å². The molecule has 0 aliphatic heterocycles. The molecule has 7 nitrogen and oxygen atoms in total. The van der Waals surface area contributed by atoms with E-state index >= 15 is 0 Å². The number of aryl methyl sites for hydroxylation is 1. The van der Waals surface area contributed by atoms with Crippen molar-refractivity contribution >= 4 is 22.4 Å². The number of primary amides is 1. The molecule has 8 heteroatoms. The quantitative estimate of drug-likeness (QED) is 0.493. The SMILES string of the molecule is Cc1ccc(S(=O)(=O)Oc2ccccc2C=NNC(N)=O)cc1. The summed E-state index contributed by atoms with van der Waals surface area (Å²) in [6.07, 6.45) is 1.24. The molecule has 23 heavy (non-hydrogen) atoms. The molecule has 2 aromatic carbocycles. The minimum Gasteiger partial charge on any atom is -0.378 e. The third-order valence-corrected chi connectivity index (χ3v) is 4.06. The summed E-state index contributed by atoms with van der Waals surface area (Å²) in [4.78, 5) is 10.6. The average molecular weight is 333 g/mol. The second-order valence-electron chi connectivity index (χ2n) is 4.62. The Morgan fingerprint density at radius 1 is 1.17 bits per heavy atom. The van der Waals surface area contributed by atoms with Crippen LogP contribution in [-0.4, -0.2) is 20.7 Å². The lowest BCUT2D eigenvalue weighted by molar-refractivity contribution is 0.249. The molecule has 0 bridgehead atoms. The van der Waals surface area contributed by atoms with Crippen molar-refractivity contribution in [3.8, 4) is 5.75 Å². The Morgan fingerprint density at radius 2 is 1.83 bits per heavy atom. The summed E-state index contributed by atoms with van der Waals surface area (Å²) in [5.41, 5.74) is 8.23. The molecule has 0 aromatic heterocycles. The maximum atomic E-state index is 12.3. The number of hydrazone groups is 1. The van der Waals surface area contributed by atoms with Crippen molar-refractivity contribution in [3.05, 3.63) is 59.7 Å². The molecule has 0 spiro atoms. The molecule has 0 atom stereocenters. The smallest absolute Gasteiger partial charge is 0.339 e. The van der Waals surface area contributed by atoms with E-state index in [9.17, 15) is 13.2 Å². The number of para-hydroxylation sites is 1. The zero-order chi connectivity index (χ0) is 16.9. The molecule has 2 amide bonds. The van der Waals surface area contributed by atoms with Gasteiger partial charge in [0.05, 0.1) is 6.21 Å². The zero-order valence-corrected chi connectivity index (χ0v) is 13.1. The summed E-state index contributed by atoms with van der Waals surface area (Å²) in [6.45, 7) is 1.86. The summed E-state index contributed by atoms with van der Waals surface area (Å²) in [6, 6.07) is 11.8. The van der Waals surface area contributed by atoms with Crippen molar-refractivity contribution in [3.63, 3.8) is 0 Å². The predicted octanol–water partition coefficient (Wildman–Crippen LogP) is 1.76. The molecule has 3 N–H and O–H groups in total. The maximum absolute atomic E-state index is 12.3. The molecule has 120 valence electrons. The summed E-state index contributed by atoms with van der Waals surface area (Å²) in [5.74, 6) is 0.0862. The summed E-state index contributed by atoms with van der Waals surface area (Å²) in [5, 5.41) is 3.59. The highest BCUT2D eigenvalue weighted by Gasteiger charge is 2.17. The topological polar surface area (TPSA) is 111 Å². The number of nitrogens with zero attached hydrogens (tertiary/aromatic N) is 1. The van der Waals surface area contributed by atoms with Crippen molar-refractivity contribution in [1.29, 1.82) is 0 Å². The molecule has 0 unspecified atom stereocenters. The van der Waals surface area contributed by atoms with Crippen molar-refractivity contribution in [2.24, 2.45) is 10.8 Å². The number of rotatable bonds is 5. The van der Waals surface area contributed by atoms with Crippen molar-refractivity contribution in [1.82, 2.24) is 5.43 Å². The minimum atomic E-state index is -3.97. The van der Waals surface area contributed by atoms with Gasteiger partial charge in [-0.25, -0.2) is 10.2 Å². The number of hydrogen-bond acceptors (Lipinski definition) is 5. The fourth-order valence-electron chi connectivity index (χ4n) is 1.70. The number of urea groups is 1. The molecule has 0 radical (unpaired) electrons. The first-order valence-electron chi connectivity index (χ1n) is 6.57. The zero-order valence-electron chi connectivity index (χ0n) is 12.3. The average Bonchev–Trinajstić information content (AvgIpc) is 2.49. The lowest BCUT2D eigenvalue weighted by Gasteiger charge is -2.09. The third kappa shape index (κ3) is 4.55. The van der Waals surface area contributed by atoms with E-state index in [-0.39, 0.29) is 10.6 Å². The Hall–Kier alpha value is -2.87. The van der Waals surface area contributed by atoms with Crippen LogP contribution in [0.1, 0.15) is 11.1 Å². The third-order valence-electron chi connectivity index (χ3n) is 2.81. The Balaban J connectivity index is 2.27. The first-order valence-corrected chi connectivity index (χ1v) is 7.98. The van der Waals surface area contributed by atoms with Gasteiger partial charge in [-0.3, -0.25) is 0 Å². The number of carbonyl (C=O) groups excluding carboxylic acids is 1. The van der Waals surface area contributed by atoms with Gasteiger partial charge in [0, 0.05) is 5.56 Å². The van der Waals surface area contributed by atoms with Crippen LogP contribution in [0.25, 0.3) is 0 Å². The molecule has 0 saturated carbocycles. The van der Waals surface area contributed by atoms with Crippen LogP contribution in [0.4, 0.5) is 4.79 Å². The van der Waals surface area contributed by atoms with Crippen LogP contribution in [0.15, 0.2) is 58.5 Å². The van der Waals surface area contributed by atoms with Gasteiger partial charge in [-0.1, -0.05) is 29.8 Å². The Morgan fingerprint density at radius 3 is 2.48 bits per heavy atom. The second kappa shape index (κ2) is 6.93. The predicted molar refractivity (Wildman–Crippen MR) is 85.7 cm³/mol. The molecule has 0 saturated heterocycles. The van der Waals surface area contributed by atoms with Crippen LogP contribution in [0, 0.1) is 6.92 Å². The van der Waals surface area contributed by atoms with Crippen LogP contribution in [0.5, 0.6) is 5.75 Å². The maximum Gasteiger partial charge on any atom is 0.339 e. The van der Waals surface area contributed by atoms with E-state index in [1.807, 2.05) is 12.3 Å². The summed E-state index contributed by atoms with van der Waals surface area (Å²) >= 11 is 0. The Labute approximate surface area is 133 Å². The van der Waals surface area contributed by atoms with E-state index in [4.69, 9.17) is 9.92 Å². The molecule has 0 aliphatic rings. The van der Waals surface area contributed by atoms with Gasteiger partial charge >= 0.3 is 16.1 Å². The fourth-order valence-corrected chi connectivity index (χ4v) is 2.65. The van der Waals surface area contributed by atoms with Crippen LogP contribution in [0.2, 0.25) is 0 Å². The molecular weight excluding hydrogens is 318 g/mol. The molecular formula is C15H15N3O4S.